The minimum absolute atomic E-state index is 0.482. The van der Waals surface area contributed by atoms with Crippen LogP contribution in [0.15, 0.2) is 21.9 Å². The van der Waals surface area contributed by atoms with Crippen LogP contribution in [-0.4, -0.2) is 11.4 Å². The van der Waals surface area contributed by atoms with E-state index in [1.165, 1.54) is 17.5 Å². The zero-order valence-corrected chi connectivity index (χ0v) is 11.4. The summed E-state index contributed by atoms with van der Waals surface area (Å²) in [7, 11) is 0. The van der Waals surface area contributed by atoms with E-state index in [1.54, 1.807) is 4.88 Å². The summed E-state index contributed by atoms with van der Waals surface area (Å²) in [6.45, 7) is 5.66. The van der Waals surface area contributed by atoms with Crippen molar-refractivity contribution in [1.29, 1.82) is 0 Å². The lowest BCUT2D eigenvalue weighted by molar-refractivity contribution is 0.246. The highest BCUT2D eigenvalue weighted by atomic mass is 32.1. The highest BCUT2D eigenvalue weighted by molar-refractivity contribution is 7.10. The van der Waals surface area contributed by atoms with Crippen molar-refractivity contribution in [3.8, 4) is 0 Å². The summed E-state index contributed by atoms with van der Waals surface area (Å²) >= 11 is 1.88. The van der Waals surface area contributed by atoms with Gasteiger partial charge in [0.25, 0.3) is 0 Å². The van der Waals surface area contributed by atoms with Gasteiger partial charge in [0, 0.05) is 30.1 Å². The molecular formula is C14H18N2OS. The second kappa shape index (κ2) is 4.88. The fraction of sp³-hybridized carbons (Fsp3) is 0.429. The lowest BCUT2D eigenvalue weighted by Crippen LogP contribution is -2.29. The van der Waals surface area contributed by atoms with Crippen LogP contribution in [0.5, 0.6) is 0 Å². The van der Waals surface area contributed by atoms with Gasteiger partial charge < -0.3 is 10.2 Å². The third kappa shape index (κ3) is 2.23. The molecule has 0 spiro atoms. The number of aryl methyl sites for hydroxylation is 1. The predicted molar refractivity (Wildman–Crippen MR) is 73.5 cm³/mol. The van der Waals surface area contributed by atoms with Crippen LogP contribution in [-0.2, 0) is 26.1 Å². The van der Waals surface area contributed by atoms with Crippen molar-refractivity contribution >= 4 is 11.3 Å². The van der Waals surface area contributed by atoms with Crippen molar-refractivity contribution in [2.45, 2.75) is 33.0 Å². The fourth-order valence-electron chi connectivity index (χ4n) is 2.53. The molecule has 3 nitrogen and oxygen atoms in total. The molecule has 0 atom stereocenters. The van der Waals surface area contributed by atoms with Gasteiger partial charge in [0.05, 0.1) is 6.54 Å². The van der Waals surface area contributed by atoms with E-state index in [0.29, 0.717) is 6.54 Å². The molecule has 4 heteroatoms. The van der Waals surface area contributed by atoms with Crippen molar-refractivity contribution < 1.29 is 4.42 Å². The molecular weight excluding hydrogens is 244 g/mol. The van der Waals surface area contributed by atoms with Crippen LogP contribution in [0.2, 0.25) is 0 Å². The first-order valence-corrected chi connectivity index (χ1v) is 7.20. The van der Waals surface area contributed by atoms with Crippen molar-refractivity contribution in [1.82, 2.24) is 4.90 Å². The number of furan rings is 1. The van der Waals surface area contributed by atoms with Crippen LogP contribution in [0.3, 0.4) is 0 Å². The Balaban J connectivity index is 1.72. The number of rotatable bonds is 3. The SMILES string of the molecule is Cc1oc(CN)cc1CN1CCc2sccc2C1. The monoisotopic (exact) mass is 262 g/mol. The van der Waals surface area contributed by atoms with E-state index < -0.39 is 0 Å². The van der Waals surface area contributed by atoms with E-state index in [9.17, 15) is 0 Å². The summed E-state index contributed by atoms with van der Waals surface area (Å²) in [5.41, 5.74) is 8.37. The van der Waals surface area contributed by atoms with Gasteiger partial charge in [0.2, 0.25) is 0 Å². The highest BCUT2D eigenvalue weighted by Crippen LogP contribution is 2.26. The quantitative estimate of drug-likeness (QED) is 0.924. The largest absolute Gasteiger partial charge is 0.465 e. The molecule has 3 heterocycles. The zero-order valence-electron chi connectivity index (χ0n) is 10.6. The molecule has 2 N–H and O–H groups in total. The number of hydrogen-bond acceptors (Lipinski definition) is 4. The van der Waals surface area contributed by atoms with E-state index >= 15 is 0 Å². The lowest BCUT2D eigenvalue weighted by Gasteiger charge is -2.26. The maximum absolute atomic E-state index is 5.61. The summed E-state index contributed by atoms with van der Waals surface area (Å²) < 4.78 is 5.61. The van der Waals surface area contributed by atoms with Gasteiger partial charge in [-0.2, -0.15) is 0 Å². The Labute approximate surface area is 111 Å². The second-order valence-corrected chi connectivity index (χ2v) is 5.83. The Kier molecular flexibility index (Phi) is 3.24. The Morgan fingerprint density at radius 2 is 2.39 bits per heavy atom. The lowest BCUT2D eigenvalue weighted by atomic mass is 10.1. The smallest absolute Gasteiger partial charge is 0.118 e. The minimum atomic E-state index is 0.482. The Morgan fingerprint density at radius 1 is 1.50 bits per heavy atom. The van der Waals surface area contributed by atoms with Crippen LogP contribution >= 0.6 is 11.3 Å². The van der Waals surface area contributed by atoms with Gasteiger partial charge in [-0.3, -0.25) is 4.90 Å². The third-order valence-electron chi connectivity index (χ3n) is 3.55. The Bertz CT molecular complexity index is 544. The van der Waals surface area contributed by atoms with Crippen molar-refractivity contribution in [3.05, 3.63) is 45.0 Å². The molecule has 0 unspecified atom stereocenters. The van der Waals surface area contributed by atoms with Gasteiger partial charge in [-0.25, -0.2) is 0 Å². The molecule has 0 amide bonds. The van der Waals surface area contributed by atoms with Crippen molar-refractivity contribution in [2.24, 2.45) is 5.73 Å². The molecule has 0 saturated carbocycles. The first-order valence-electron chi connectivity index (χ1n) is 6.32. The summed E-state index contributed by atoms with van der Waals surface area (Å²) in [4.78, 5) is 4.03. The summed E-state index contributed by atoms with van der Waals surface area (Å²) in [5.74, 6) is 1.89. The molecule has 0 saturated heterocycles. The summed E-state index contributed by atoms with van der Waals surface area (Å²) in [6.07, 6.45) is 1.17. The van der Waals surface area contributed by atoms with Gasteiger partial charge in [0.15, 0.2) is 0 Å². The molecule has 2 aromatic rings. The van der Waals surface area contributed by atoms with Crippen LogP contribution in [0.1, 0.15) is 27.5 Å². The van der Waals surface area contributed by atoms with Crippen LogP contribution in [0, 0.1) is 6.92 Å². The number of hydrogen-bond donors (Lipinski definition) is 1. The average molecular weight is 262 g/mol. The third-order valence-corrected chi connectivity index (χ3v) is 4.58. The first kappa shape index (κ1) is 12.0. The molecule has 1 aliphatic heterocycles. The van der Waals surface area contributed by atoms with E-state index in [4.69, 9.17) is 10.2 Å². The standard InChI is InChI=1S/C14H18N2OS/c1-10-12(6-13(7-15)17-10)9-16-4-2-14-11(8-16)3-5-18-14/h3,5-6H,2,4,7-9,15H2,1H3. The first-order chi connectivity index (χ1) is 8.76. The summed E-state index contributed by atoms with van der Waals surface area (Å²) in [6, 6.07) is 4.35. The van der Waals surface area contributed by atoms with Crippen LogP contribution in [0.4, 0.5) is 0 Å². The van der Waals surface area contributed by atoms with E-state index in [0.717, 1.165) is 31.2 Å². The normalized spacial score (nSPS) is 15.9. The topological polar surface area (TPSA) is 42.4 Å². The summed E-state index contributed by atoms with van der Waals surface area (Å²) in [5, 5.41) is 2.20. The second-order valence-electron chi connectivity index (χ2n) is 4.83. The predicted octanol–water partition coefficient (Wildman–Crippen LogP) is 2.67. The maximum Gasteiger partial charge on any atom is 0.118 e. The minimum Gasteiger partial charge on any atom is -0.465 e. The maximum atomic E-state index is 5.61. The van der Waals surface area contributed by atoms with Gasteiger partial charge in [-0.05, 0) is 36.4 Å². The number of thiophene rings is 1. The average Bonchev–Trinajstić information content (AvgIpc) is 2.96. The van der Waals surface area contributed by atoms with E-state index in [-0.39, 0.29) is 0 Å². The van der Waals surface area contributed by atoms with Crippen LogP contribution < -0.4 is 5.73 Å². The molecule has 1 aliphatic rings. The number of nitrogens with two attached hydrogens (primary N) is 1. The molecule has 2 aromatic heterocycles. The van der Waals surface area contributed by atoms with Crippen molar-refractivity contribution in [2.75, 3.05) is 6.54 Å². The van der Waals surface area contributed by atoms with Crippen molar-refractivity contribution in [3.63, 3.8) is 0 Å². The van der Waals surface area contributed by atoms with E-state index in [1.807, 2.05) is 18.3 Å². The Hall–Kier alpha value is -1.10. The van der Waals surface area contributed by atoms with Gasteiger partial charge in [0.1, 0.15) is 11.5 Å². The van der Waals surface area contributed by atoms with Gasteiger partial charge in [-0.15, -0.1) is 11.3 Å². The number of nitrogens with zero attached hydrogens (tertiary/aromatic N) is 1. The molecule has 0 fully saturated rings. The Morgan fingerprint density at radius 3 is 3.17 bits per heavy atom. The zero-order chi connectivity index (χ0) is 12.5. The molecule has 18 heavy (non-hydrogen) atoms. The molecule has 0 aliphatic carbocycles. The molecule has 3 rings (SSSR count). The van der Waals surface area contributed by atoms with Crippen LogP contribution in [0.25, 0.3) is 0 Å². The van der Waals surface area contributed by atoms with E-state index in [2.05, 4.69) is 22.4 Å². The molecule has 0 bridgehead atoms. The van der Waals surface area contributed by atoms with Gasteiger partial charge in [-0.1, -0.05) is 0 Å². The molecule has 0 radical (unpaired) electrons. The fourth-order valence-corrected chi connectivity index (χ4v) is 3.42. The van der Waals surface area contributed by atoms with Gasteiger partial charge >= 0.3 is 0 Å². The molecule has 0 aromatic carbocycles. The number of fused-ring (bicyclic) bond motifs is 1. The highest BCUT2D eigenvalue weighted by Gasteiger charge is 2.18. The molecule has 96 valence electrons.